The Kier molecular flexibility index (Phi) is 4.36. The van der Waals surface area contributed by atoms with Gasteiger partial charge in [-0.1, -0.05) is 35.9 Å². The molecule has 0 saturated carbocycles. The van der Waals surface area contributed by atoms with Gasteiger partial charge in [-0.25, -0.2) is 0 Å². The first-order valence-corrected chi connectivity index (χ1v) is 6.14. The normalized spacial score (nSPS) is 10.3. The van der Waals surface area contributed by atoms with Crippen molar-refractivity contribution in [3.05, 3.63) is 71.3 Å². The van der Waals surface area contributed by atoms with Gasteiger partial charge in [0.1, 0.15) is 12.4 Å². The summed E-state index contributed by atoms with van der Waals surface area (Å²) in [5.41, 5.74) is 2.96. The number of aryl methyl sites for hydroxylation is 1. The lowest BCUT2D eigenvalue weighted by molar-refractivity contribution is 0.363. The van der Waals surface area contributed by atoms with E-state index in [4.69, 9.17) is 10.00 Å². The molecule has 0 atom stereocenters. The molecule has 0 fully saturated rings. The number of benzene rings is 2. The van der Waals surface area contributed by atoms with Gasteiger partial charge in [0.15, 0.2) is 0 Å². The highest BCUT2D eigenvalue weighted by molar-refractivity contribution is 5.51. The van der Waals surface area contributed by atoms with Crippen LogP contribution >= 0.6 is 0 Å². The van der Waals surface area contributed by atoms with Gasteiger partial charge in [-0.05, 0) is 42.8 Å². The molecule has 2 nitrogen and oxygen atoms in total. The standard InChI is InChI=1S/C17H15NO/c1-14-4-10-17(11-5-14)19-12-2-3-15-6-8-16(13-18)9-7-15/h2-11H,12H2,1H3/b3-2-. The molecule has 0 aliphatic rings. The largest absolute Gasteiger partial charge is 0.490 e. The molecular formula is C17H15NO. The average molecular weight is 249 g/mol. The molecule has 2 heteroatoms. The van der Waals surface area contributed by atoms with Crippen molar-refractivity contribution in [2.24, 2.45) is 0 Å². The van der Waals surface area contributed by atoms with Crippen LogP contribution in [0.4, 0.5) is 0 Å². The maximum absolute atomic E-state index is 8.70. The van der Waals surface area contributed by atoms with E-state index >= 15 is 0 Å². The van der Waals surface area contributed by atoms with E-state index in [9.17, 15) is 0 Å². The second-order valence-electron chi connectivity index (χ2n) is 4.26. The third-order valence-electron chi connectivity index (χ3n) is 2.72. The summed E-state index contributed by atoms with van der Waals surface area (Å²) >= 11 is 0. The number of ether oxygens (including phenoxy) is 1. The Balaban J connectivity index is 1.86. The van der Waals surface area contributed by atoms with Gasteiger partial charge in [0.2, 0.25) is 0 Å². The van der Waals surface area contributed by atoms with E-state index in [1.54, 1.807) is 12.1 Å². The maximum atomic E-state index is 8.70. The van der Waals surface area contributed by atoms with E-state index in [0.717, 1.165) is 11.3 Å². The van der Waals surface area contributed by atoms with Crippen molar-refractivity contribution < 1.29 is 4.74 Å². The molecule has 0 saturated heterocycles. The molecule has 0 heterocycles. The van der Waals surface area contributed by atoms with Gasteiger partial charge in [-0.2, -0.15) is 5.26 Å². The number of nitrogens with zero attached hydrogens (tertiary/aromatic N) is 1. The fourth-order valence-corrected chi connectivity index (χ4v) is 1.63. The molecule has 0 aromatic heterocycles. The van der Waals surface area contributed by atoms with Gasteiger partial charge in [-0.15, -0.1) is 0 Å². The number of hydrogen-bond donors (Lipinski definition) is 0. The Hall–Kier alpha value is -2.53. The fraction of sp³-hybridized carbons (Fsp3) is 0.118. The minimum atomic E-state index is 0.531. The molecule has 0 bridgehead atoms. The third-order valence-corrected chi connectivity index (χ3v) is 2.72. The smallest absolute Gasteiger partial charge is 0.119 e. The van der Waals surface area contributed by atoms with Crippen molar-refractivity contribution in [2.45, 2.75) is 6.92 Å². The lowest BCUT2D eigenvalue weighted by Gasteiger charge is -2.02. The number of nitriles is 1. The van der Waals surface area contributed by atoms with E-state index in [-0.39, 0.29) is 0 Å². The van der Waals surface area contributed by atoms with Gasteiger partial charge in [0, 0.05) is 0 Å². The van der Waals surface area contributed by atoms with E-state index in [2.05, 4.69) is 13.0 Å². The highest BCUT2D eigenvalue weighted by Gasteiger charge is 1.91. The van der Waals surface area contributed by atoms with Crippen LogP contribution in [-0.2, 0) is 0 Å². The first-order chi connectivity index (χ1) is 9.28. The number of rotatable bonds is 4. The van der Waals surface area contributed by atoms with E-state index in [1.807, 2.05) is 48.6 Å². The molecule has 0 amide bonds. The quantitative estimate of drug-likeness (QED) is 0.821. The van der Waals surface area contributed by atoms with Crippen LogP contribution in [0.25, 0.3) is 6.08 Å². The van der Waals surface area contributed by atoms with Crippen molar-refractivity contribution in [1.82, 2.24) is 0 Å². The van der Waals surface area contributed by atoms with Gasteiger partial charge < -0.3 is 4.74 Å². The van der Waals surface area contributed by atoms with Crippen LogP contribution in [0.15, 0.2) is 54.6 Å². The molecule has 0 N–H and O–H groups in total. The summed E-state index contributed by atoms with van der Waals surface area (Å²) in [6.07, 6.45) is 3.94. The van der Waals surface area contributed by atoms with E-state index in [0.29, 0.717) is 12.2 Å². The second-order valence-corrected chi connectivity index (χ2v) is 4.26. The zero-order valence-electron chi connectivity index (χ0n) is 10.8. The predicted octanol–water partition coefficient (Wildman–Crippen LogP) is 3.96. The Bertz CT molecular complexity index is 589. The van der Waals surface area contributed by atoms with Crippen LogP contribution in [0.3, 0.4) is 0 Å². The maximum Gasteiger partial charge on any atom is 0.119 e. The molecule has 0 unspecified atom stereocenters. The summed E-state index contributed by atoms with van der Waals surface area (Å²) in [6.45, 7) is 2.58. The average Bonchev–Trinajstić information content (AvgIpc) is 2.46. The zero-order valence-corrected chi connectivity index (χ0v) is 10.8. The van der Waals surface area contributed by atoms with Gasteiger partial charge in [0.05, 0.1) is 11.6 Å². The van der Waals surface area contributed by atoms with E-state index in [1.165, 1.54) is 5.56 Å². The van der Waals surface area contributed by atoms with Crippen LogP contribution in [0, 0.1) is 18.3 Å². The summed E-state index contributed by atoms with van der Waals surface area (Å²) in [7, 11) is 0. The van der Waals surface area contributed by atoms with Crippen LogP contribution < -0.4 is 4.74 Å². The van der Waals surface area contributed by atoms with Crippen molar-refractivity contribution in [2.75, 3.05) is 6.61 Å². The topological polar surface area (TPSA) is 33.0 Å². The van der Waals surface area contributed by atoms with Crippen molar-refractivity contribution in [1.29, 1.82) is 5.26 Å². The van der Waals surface area contributed by atoms with Gasteiger partial charge in [-0.3, -0.25) is 0 Å². The Morgan fingerprint density at radius 1 is 1.05 bits per heavy atom. The van der Waals surface area contributed by atoms with Gasteiger partial charge >= 0.3 is 0 Å². The Labute approximate surface area is 113 Å². The minimum Gasteiger partial charge on any atom is -0.490 e. The van der Waals surface area contributed by atoms with Crippen LogP contribution in [0.2, 0.25) is 0 Å². The minimum absolute atomic E-state index is 0.531. The highest BCUT2D eigenvalue weighted by atomic mass is 16.5. The van der Waals surface area contributed by atoms with Crippen molar-refractivity contribution >= 4 is 6.08 Å². The third kappa shape index (κ3) is 4.01. The summed E-state index contributed by atoms with van der Waals surface area (Å²) in [5.74, 6) is 0.870. The Morgan fingerprint density at radius 3 is 2.37 bits per heavy atom. The first-order valence-electron chi connectivity index (χ1n) is 6.14. The molecule has 0 aliphatic heterocycles. The molecule has 94 valence electrons. The molecule has 2 rings (SSSR count). The van der Waals surface area contributed by atoms with Gasteiger partial charge in [0.25, 0.3) is 0 Å². The highest BCUT2D eigenvalue weighted by Crippen LogP contribution is 2.11. The molecule has 2 aromatic carbocycles. The molecular weight excluding hydrogens is 234 g/mol. The zero-order chi connectivity index (χ0) is 13.5. The summed E-state index contributed by atoms with van der Waals surface area (Å²) in [4.78, 5) is 0. The molecule has 0 radical (unpaired) electrons. The predicted molar refractivity (Wildman–Crippen MR) is 76.9 cm³/mol. The summed E-state index contributed by atoms with van der Waals surface area (Å²) in [6, 6.07) is 17.5. The lowest BCUT2D eigenvalue weighted by Crippen LogP contribution is -1.92. The molecule has 0 aliphatic carbocycles. The van der Waals surface area contributed by atoms with Crippen LogP contribution in [-0.4, -0.2) is 6.61 Å². The molecule has 19 heavy (non-hydrogen) atoms. The van der Waals surface area contributed by atoms with Crippen LogP contribution in [0.5, 0.6) is 5.75 Å². The summed E-state index contributed by atoms with van der Waals surface area (Å²) < 4.78 is 5.59. The van der Waals surface area contributed by atoms with Crippen molar-refractivity contribution in [3.8, 4) is 11.8 Å². The number of hydrogen-bond acceptors (Lipinski definition) is 2. The van der Waals surface area contributed by atoms with E-state index < -0.39 is 0 Å². The fourth-order valence-electron chi connectivity index (χ4n) is 1.63. The monoisotopic (exact) mass is 249 g/mol. The van der Waals surface area contributed by atoms with Crippen LogP contribution in [0.1, 0.15) is 16.7 Å². The second kappa shape index (κ2) is 6.42. The molecule has 0 spiro atoms. The first kappa shape index (κ1) is 12.9. The SMILES string of the molecule is Cc1ccc(OC/C=C\c2ccc(C#N)cc2)cc1. The van der Waals surface area contributed by atoms with Crippen molar-refractivity contribution in [3.63, 3.8) is 0 Å². The molecule has 2 aromatic rings. The summed E-state index contributed by atoms with van der Waals surface area (Å²) in [5, 5.41) is 8.70. The Morgan fingerprint density at radius 2 is 1.74 bits per heavy atom. The lowest BCUT2D eigenvalue weighted by atomic mass is 10.1.